The Balaban J connectivity index is 3.67. The number of unbranched alkanes of at least 4 members (excludes halogenated alkanes) is 3. The molecule has 0 aromatic carbocycles. The van der Waals surface area contributed by atoms with Crippen LogP contribution in [0.2, 0.25) is 0 Å². The predicted molar refractivity (Wildman–Crippen MR) is 50.0 cm³/mol. The molecule has 0 heterocycles. The average Bonchev–Trinajstić information content (AvgIpc) is 2.12. The summed E-state index contributed by atoms with van der Waals surface area (Å²) in [5.41, 5.74) is 0. The molecule has 0 aliphatic carbocycles. The van der Waals surface area contributed by atoms with E-state index in [2.05, 4.69) is 11.7 Å². The Labute approximate surface area is 78.8 Å². The summed E-state index contributed by atoms with van der Waals surface area (Å²) in [6.07, 6.45) is 4.98. The van der Waals surface area contributed by atoms with Gasteiger partial charge in [0.25, 0.3) is 0 Å². The fraction of sp³-hybridized carbons (Fsp3) is 0.700. The van der Waals surface area contributed by atoms with Crippen molar-refractivity contribution in [1.29, 1.82) is 0 Å². The first-order valence-corrected chi connectivity index (χ1v) is 4.75. The van der Waals surface area contributed by atoms with Crippen molar-refractivity contribution in [3.8, 4) is 0 Å². The lowest BCUT2D eigenvalue weighted by Crippen LogP contribution is -2.03. The second-order valence-electron chi connectivity index (χ2n) is 2.77. The number of hydrogen-bond donors (Lipinski definition) is 0. The van der Waals surface area contributed by atoms with Crippen LogP contribution in [0.25, 0.3) is 0 Å². The van der Waals surface area contributed by atoms with Gasteiger partial charge in [-0.1, -0.05) is 19.8 Å². The number of rotatable bonds is 6. The molecule has 0 N–H and O–H groups in total. The Kier molecular flexibility index (Phi) is 7.26. The minimum atomic E-state index is -0.848. The first-order chi connectivity index (χ1) is 6.22. The Morgan fingerprint density at radius 1 is 1.38 bits per heavy atom. The Morgan fingerprint density at radius 2 is 2.08 bits per heavy atom. The lowest BCUT2D eigenvalue weighted by atomic mass is 10.2. The molecule has 0 spiro atoms. The lowest BCUT2D eigenvalue weighted by molar-refractivity contribution is -0.140. The molecule has 3 heteroatoms. The van der Waals surface area contributed by atoms with Crippen molar-refractivity contribution in [2.45, 2.75) is 39.5 Å². The van der Waals surface area contributed by atoms with Crippen LogP contribution in [-0.2, 0) is 9.53 Å². The number of allylic oxidation sites excluding steroid dienone is 1. The van der Waals surface area contributed by atoms with E-state index in [0.29, 0.717) is 6.42 Å². The summed E-state index contributed by atoms with van der Waals surface area (Å²) >= 11 is 0. The van der Waals surface area contributed by atoms with E-state index in [9.17, 15) is 9.18 Å². The van der Waals surface area contributed by atoms with Crippen LogP contribution < -0.4 is 0 Å². The van der Waals surface area contributed by atoms with Gasteiger partial charge in [0.1, 0.15) is 0 Å². The number of esters is 1. The van der Waals surface area contributed by atoms with Gasteiger partial charge in [-0.3, -0.25) is 0 Å². The molecular formula is C10H17FO2. The van der Waals surface area contributed by atoms with Crippen molar-refractivity contribution in [1.82, 2.24) is 0 Å². The maximum Gasteiger partial charge on any atom is 0.366 e. The maximum absolute atomic E-state index is 12.8. The van der Waals surface area contributed by atoms with Gasteiger partial charge in [-0.15, -0.1) is 0 Å². The number of carbonyl (C=O) groups is 1. The fourth-order valence-electron chi connectivity index (χ4n) is 0.906. The van der Waals surface area contributed by atoms with Gasteiger partial charge >= 0.3 is 5.97 Å². The molecule has 0 aromatic heterocycles. The molecule has 0 atom stereocenters. The van der Waals surface area contributed by atoms with E-state index in [1.807, 2.05) is 0 Å². The van der Waals surface area contributed by atoms with Crippen LogP contribution in [0, 0.1) is 0 Å². The van der Waals surface area contributed by atoms with Crippen molar-refractivity contribution in [3.05, 3.63) is 11.9 Å². The number of halogens is 1. The standard InChI is InChI=1S/C10H17FO2/c1-3-5-6-7-8-9(11)10(12)13-4-2/h8H,3-7H2,1-2H3. The summed E-state index contributed by atoms with van der Waals surface area (Å²) in [6, 6.07) is 0. The molecule has 0 saturated heterocycles. The zero-order valence-electron chi connectivity index (χ0n) is 8.31. The van der Waals surface area contributed by atoms with Crippen LogP contribution in [0.1, 0.15) is 39.5 Å². The highest BCUT2D eigenvalue weighted by atomic mass is 19.1. The quantitative estimate of drug-likeness (QED) is 0.364. The largest absolute Gasteiger partial charge is 0.461 e. The van der Waals surface area contributed by atoms with Crippen LogP contribution in [0.4, 0.5) is 4.39 Å². The summed E-state index contributed by atoms with van der Waals surface area (Å²) in [4.78, 5) is 10.7. The van der Waals surface area contributed by atoms with E-state index in [4.69, 9.17) is 0 Å². The zero-order valence-corrected chi connectivity index (χ0v) is 8.31. The van der Waals surface area contributed by atoms with Crippen molar-refractivity contribution < 1.29 is 13.9 Å². The first-order valence-electron chi connectivity index (χ1n) is 4.75. The smallest absolute Gasteiger partial charge is 0.366 e. The zero-order chi connectivity index (χ0) is 10.1. The van der Waals surface area contributed by atoms with Crippen LogP contribution in [0.5, 0.6) is 0 Å². The van der Waals surface area contributed by atoms with E-state index in [1.54, 1.807) is 6.92 Å². The topological polar surface area (TPSA) is 26.3 Å². The van der Waals surface area contributed by atoms with Gasteiger partial charge in [0.2, 0.25) is 5.83 Å². The van der Waals surface area contributed by atoms with Crippen molar-refractivity contribution in [3.63, 3.8) is 0 Å². The summed E-state index contributed by atoms with van der Waals surface area (Å²) in [5.74, 6) is -1.61. The van der Waals surface area contributed by atoms with E-state index in [-0.39, 0.29) is 6.61 Å². The normalized spacial score (nSPS) is 11.5. The summed E-state index contributed by atoms with van der Waals surface area (Å²) in [5, 5.41) is 0. The third kappa shape index (κ3) is 6.31. The highest BCUT2D eigenvalue weighted by Gasteiger charge is 2.07. The molecule has 0 unspecified atom stereocenters. The average molecular weight is 188 g/mol. The second-order valence-corrected chi connectivity index (χ2v) is 2.77. The molecule has 2 nitrogen and oxygen atoms in total. The molecular weight excluding hydrogens is 171 g/mol. The molecule has 0 aliphatic rings. The second kappa shape index (κ2) is 7.77. The van der Waals surface area contributed by atoms with Crippen molar-refractivity contribution in [2.75, 3.05) is 6.61 Å². The highest BCUT2D eigenvalue weighted by molar-refractivity contribution is 5.85. The number of carbonyl (C=O) groups excluding carboxylic acids is 1. The monoisotopic (exact) mass is 188 g/mol. The highest BCUT2D eigenvalue weighted by Crippen LogP contribution is 2.06. The van der Waals surface area contributed by atoms with Crippen LogP contribution in [0.3, 0.4) is 0 Å². The summed E-state index contributed by atoms with van der Waals surface area (Å²) in [7, 11) is 0. The molecule has 0 rings (SSSR count). The molecule has 13 heavy (non-hydrogen) atoms. The minimum Gasteiger partial charge on any atom is -0.461 e. The molecule has 0 aromatic rings. The van der Waals surface area contributed by atoms with E-state index < -0.39 is 11.8 Å². The van der Waals surface area contributed by atoms with E-state index >= 15 is 0 Å². The van der Waals surface area contributed by atoms with E-state index in [0.717, 1.165) is 19.3 Å². The maximum atomic E-state index is 12.8. The summed E-state index contributed by atoms with van der Waals surface area (Å²) < 4.78 is 17.3. The molecule has 0 radical (unpaired) electrons. The van der Waals surface area contributed by atoms with E-state index in [1.165, 1.54) is 6.08 Å². The van der Waals surface area contributed by atoms with Crippen LogP contribution in [0.15, 0.2) is 11.9 Å². The molecule has 0 aliphatic heterocycles. The fourth-order valence-corrected chi connectivity index (χ4v) is 0.906. The molecule has 0 saturated carbocycles. The van der Waals surface area contributed by atoms with Gasteiger partial charge < -0.3 is 4.74 Å². The van der Waals surface area contributed by atoms with Crippen molar-refractivity contribution >= 4 is 5.97 Å². The van der Waals surface area contributed by atoms with Crippen LogP contribution in [-0.4, -0.2) is 12.6 Å². The van der Waals surface area contributed by atoms with Gasteiger partial charge in [0.15, 0.2) is 0 Å². The van der Waals surface area contributed by atoms with Gasteiger partial charge in [-0.2, -0.15) is 4.39 Å². The third-order valence-electron chi connectivity index (χ3n) is 1.60. The number of ether oxygens (including phenoxy) is 1. The van der Waals surface area contributed by atoms with Gasteiger partial charge in [-0.05, 0) is 25.8 Å². The molecule has 0 bridgehead atoms. The molecule has 0 fully saturated rings. The van der Waals surface area contributed by atoms with Gasteiger partial charge in [0, 0.05) is 0 Å². The summed E-state index contributed by atoms with van der Waals surface area (Å²) in [6.45, 7) is 3.95. The molecule has 76 valence electrons. The van der Waals surface area contributed by atoms with Crippen LogP contribution >= 0.6 is 0 Å². The Morgan fingerprint density at radius 3 is 2.62 bits per heavy atom. The van der Waals surface area contributed by atoms with Crippen molar-refractivity contribution in [2.24, 2.45) is 0 Å². The third-order valence-corrected chi connectivity index (χ3v) is 1.60. The molecule has 0 amide bonds. The number of hydrogen-bond acceptors (Lipinski definition) is 2. The Bertz CT molecular complexity index is 176. The Hall–Kier alpha value is -0.860. The lowest BCUT2D eigenvalue weighted by Gasteiger charge is -1.98. The van der Waals surface area contributed by atoms with Gasteiger partial charge in [-0.25, -0.2) is 4.79 Å². The SMILES string of the molecule is CCCCCC=C(F)C(=O)OCC. The van der Waals surface area contributed by atoms with Gasteiger partial charge in [0.05, 0.1) is 6.61 Å². The minimum absolute atomic E-state index is 0.217. The first kappa shape index (κ1) is 12.1. The predicted octanol–water partition coefficient (Wildman–Crippen LogP) is 2.98.